The number of carboxylic acids is 1. The third-order valence-electron chi connectivity index (χ3n) is 3.41. The molecule has 0 bridgehead atoms. The number of likely N-dealkylation sites (tertiary alicyclic amines) is 1. The zero-order chi connectivity index (χ0) is 13.7. The number of urea groups is 1. The molecule has 1 aliphatic rings. The summed E-state index contributed by atoms with van der Waals surface area (Å²) in [6.07, 6.45) is 1.88. The van der Waals surface area contributed by atoms with Crippen molar-refractivity contribution in [1.29, 1.82) is 0 Å². The molecule has 1 saturated heterocycles. The van der Waals surface area contributed by atoms with Crippen LogP contribution in [0.15, 0.2) is 0 Å². The lowest BCUT2D eigenvalue weighted by Crippen LogP contribution is -2.50. The van der Waals surface area contributed by atoms with Gasteiger partial charge in [-0.1, -0.05) is 0 Å². The molecule has 2 N–H and O–H groups in total. The van der Waals surface area contributed by atoms with E-state index < -0.39 is 5.97 Å². The van der Waals surface area contributed by atoms with Crippen LogP contribution < -0.4 is 5.32 Å². The van der Waals surface area contributed by atoms with Crippen molar-refractivity contribution >= 4 is 12.0 Å². The maximum absolute atomic E-state index is 11.9. The molecule has 0 radical (unpaired) electrons. The van der Waals surface area contributed by atoms with Crippen molar-refractivity contribution in [2.24, 2.45) is 0 Å². The molecule has 0 aliphatic carbocycles. The highest BCUT2D eigenvalue weighted by atomic mass is 16.4. The molecule has 18 heavy (non-hydrogen) atoms. The van der Waals surface area contributed by atoms with E-state index in [1.54, 1.807) is 18.9 Å². The van der Waals surface area contributed by atoms with Crippen molar-refractivity contribution < 1.29 is 14.7 Å². The summed E-state index contributed by atoms with van der Waals surface area (Å²) in [5, 5.41) is 11.4. The molecule has 1 heterocycles. The standard InChI is InChI=1S/C12H23N3O3/c1-9(8-11(16)17)13-12(18)15(3)10-4-6-14(2)7-5-10/h9-10H,4-8H2,1-3H3,(H,13,18)(H,16,17). The Morgan fingerprint density at radius 1 is 1.44 bits per heavy atom. The van der Waals surface area contributed by atoms with Crippen LogP contribution in [0.1, 0.15) is 26.2 Å². The zero-order valence-corrected chi connectivity index (χ0v) is 11.3. The van der Waals surface area contributed by atoms with Crippen molar-refractivity contribution in [3.8, 4) is 0 Å². The summed E-state index contributed by atoms with van der Waals surface area (Å²) in [5.74, 6) is -0.898. The highest BCUT2D eigenvalue weighted by Gasteiger charge is 2.24. The van der Waals surface area contributed by atoms with Crippen LogP contribution >= 0.6 is 0 Å². The Labute approximate surface area is 108 Å². The van der Waals surface area contributed by atoms with Crippen LogP contribution in [0.4, 0.5) is 4.79 Å². The first-order chi connectivity index (χ1) is 8.40. The van der Waals surface area contributed by atoms with Gasteiger partial charge in [-0.3, -0.25) is 4.79 Å². The average molecular weight is 257 g/mol. The number of hydrogen-bond acceptors (Lipinski definition) is 3. The number of nitrogens with one attached hydrogen (secondary N) is 1. The summed E-state index contributed by atoms with van der Waals surface area (Å²) in [6, 6.07) is -0.278. The van der Waals surface area contributed by atoms with Gasteiger partial charge in [-0.05, 0) is 39.9 Å². The molecular weight excluding hydrogens is 234 g/mol. The Bertz CT molecular complexity index is 301. The topological polar surface area (TPSA) is 72.9 Å². The van der Waals surface area contributed by atoms with E-state index in [9.17, 15) is 9.59 Å². The number of nitrogens with zero attached hydrogens (tertiary/aromatic N) is 2. The van der Waals surface area contributed by atoms with Gasteiger partial charge in [0.2, 0.25) is 0 Å². The second kappa shape index (κ2) is 6.58. The van der Waals surface area contributed by atoms with Crippen LogP contribution in [0.2, 0.25) is 0 Å². The minimum atomic E-state index is -0.898. The number of hydrogen-bond donors (Lipinski definition) is 2. The highest BCUT2D eigenvalue weighted by Crippen LogP contribution is 2.14. The number of piperidine rings is 1. The summed E-state index contributed by atoms with van der Waals surface area (Å²) in [5.41, 5.74) is 0. The van der Waals surface area contributed by atoms with Crippen LogP contribution in [0.5, 0.6) is 0 Å². The van der Waals surface area contributed by atoms with E-state index in [2.05, 4.69) is 17.3 Å². The minimum Gasteiger partial charge on any atom is -0.481 e. The Kier molecular flexibility index (Phi) is 5.40. The first-order valence-electron chi connectivity index (χ1n) is 6.33. The van der Waals surface area contributed by atoms with E-state index >= 15 is 0 Å². The van der Waals surface area contributed by atoms with Gasteiger partial charge in [0.25, 0.3) is 0 Å². The zero-order valence-electron chi connectivity index (χ0n) is 11.3. The average Bonchev–Trinajstić information content (AvgIpc) is 2.27. The number of aliphatic carboxylic acids is 1. The predicted molar refractivity (Wildman–Crippen MR) is 68.5 cm³/mol. The van der Waals surface area contributed by atoms with Crippen LogP contribution in [-0.4, -0.2) is 66.2 Å². The van der Waals surface area contributed by atoms with Crippen LogP contribution in [0, 0.1) is 0 Å². The molecule has 104 valence electrons. The molecule has 1 unspecified atom stereocenters. The van der Waals surface area contributed by atoms with Crippen molar-refractivity contribution in [2.45, 2.75) is 38.3 Å². The summed E-state index contributed by atoms with van der Waals surface area (Å²) in [7, 11) is 3.85. The summed E-state index contributed by atoms with van der Waals surface area (Å²) < 4.78 is 0. The number of carboxylic acid groups (broad SMARTS) is 1. The van der Waals surface area contributed by atoms with Crippen LogP contribution in [-0.2, 0) is 4.79 Å². The van der Waals surface area contributed by atoms with E-state index in [1.165, 1.54) is 0 Å². The molecule has 0 saturated carbocycles. The number of carbonyl (C=O) groups excluding carboxylic acids is 1. The molecule has 0 aromatic rings. The third-order valence-corrected chi connectivity index (χ3v) is 3.41. The SMILES string of the molecule is CC(CC(=O)O)NC(=O)N(C)C1CCN(C)CC1. The van der Waals surface area contributed by atoms with Crippen molar-refractivity contribution in [3.05, 3.63) is 0 Å². The monoisotopic (exact) mass is 257 g/mol. The van der Waals surface area contributed by atoms with Gasteiger partial charge in [0.1, 0.15) is 0 Å². The fourth-order valence-corrected chi connectivity index (χ4v) is 2.17. The normalized spacial score (nSPS) is 19.3. The maximum atomic E-state index is 11.9. The van der Waals surface area contributed by atoms with Crippen molar-refractivity contribution in [2.75, 3.05) is 27.2 Å². The van der Waals surface area contributed by atoms with Gasteiger partial charge in [-0.25, -0.2) is 4.79 Å². The number of amides is 2. The molecule has 1 rings (SSSR count). The fraction of sp³-hybridized carbons (Fsp3) is 0.833. The third kappa shape index (κ3) is 4.52. The molecule has 1 atom stereocenters. The van der Waals surface area contributed by atoms with Crippen molar-refractivity contribution in [1.82, 2.24) is 15.1 Å². The molecule has 0 aromatic heterocycles. The summed E-state index contributed by atoms with van der Waals surface area (Å²) in [4.78, 5) is 26.4. The fourth-order valence-electron chi connectivity index (χ4n) is 2.17. The molecule has 0 spiro atoms. The first kappa shape index (κ1) is 14.8. The lowest BCUT2D eigenvalue weighted by Gasteiger charge is -2.35. The Balaban J connectivity index is 2.38. The summed E-state index contributed by atoms with van der Waals surface area (Å²) >= 11 is 0. The van der Waals surface area contributed by atoms with E-state index in [-0.39, 0.29) is 24.5 Å². The van der Waals surface area contributed by atoms with Gasteiger partial charge < -0.3 is 20.2 Å². The smallest absolute Gasteiger partial charge is 0.317 e. The lowest BCUT2D eigenvalue weighted by molar-refractivity contribution is -0.137. The van der Waals surface area contributed by atoms with Gasteiger partial charge in [-0.15, -0.1) is 0 Å². The molecule has 1 aliphatic heterocycles. The van der Waals surface area contributed by atoms with Gasteiger partial charge in [-0.2, -0.15) is 0 Å². The van der Waals surface area contributed by atoms with E-state index in [1.807, 2.05) is 0 Å². The van der Waals surface area contributed by atoms with E-state index in [0.717, 1.165) is 25.9 Å². The quantitative estimate of drug-likeness (QED) is 0.773. The Morgan fingerprint density at radius 3 is 2.50 bits per heavy atom. The first-order valence-corrected chi connectivity index (χ1v) is 6.33. The van der Waals surface area contributed by atoms with Crippen molar-refractivity contribution in [3.63, 3.8) is 0 Å². The lowest BCUT2D eigenvalue weighted by atomic mass is 10.0. The van der Waals surface area contributed by atoms with Crippen LogP contribution in [0.25, 0.3) is 0 Å². The predicted octanol–water partition coefficient (Wildman–Crippen LogP) is 0.585. The Hall–Kier alpha value is -1.30. The molecule has 1 fully saturated rings. The summed E-state index contributed by atoms with van der Waals surface area (Å²) in [6.45, 7) is 3.69. The second-order valence-electron chi connectivity index (χ2n) is 5.09. The van der Waals surface area contributed by atoms with E-state index in [4.69, 9.17) is 5.11 Å². The minimum absolute atomic E-state index is 0.0486. The van der Waals surface area contributed by atoms with Gasteiger partial charge in [0.15, 0.2) is 0 Å². The van der Waals surface area contributed by atoms with Crippen LogP contribution in [0.3, 0.4) is 0 Å². The molecule has 2 amide bonds. The van der Waals surface area contributed by atoms with Gasteiger partial charge >= 0.3 is 12.0 Å². The highest BCUT2D eigenvalue weighted by molar-refractivity contribution is 5.75. The molecule has 6 nitrogen and oxygen atoms in total. The largest absolute Gasteiger partial charge is 0.481 e. The number of rotatable bonds is 4. The number of carbonyl (C=O) groups is 2. The van der Waals surface area contributed by atoms with Gasteiger partial charge in [0.05, 0.1) is 6.42 Å². The molecular formula is C12H23N3O3. The van der Waals surface area contributed by atoms with Gasteiger partial charge in [0, 0.05) is 19.1 Å². The second-order valence-corrected chi connectivity index (χ2v) is 5.09. The Morgan fingerprint density at radius 2 is 2.00 bits per heavy atom. The molecule has 6 heteroatoms. The molecule has 0 aromatic carbocycles. The van der Waals surface area contributed by atoms with E-state index in [0.29, 0.717) is 0 Å². The maximum Gasteiger partial charge on any atom is 0.317 e.